The van der Waals surface area contributed by atoms with Gasteiger partial charge in [-0.05, 0) is 6.42 Å². The van der Waals surface area contributed by atoms with Crippen molar-refractivity contribution in [1.82, 2.24) is 15.2 Å². The van der Waals surface area contributed by atoms with Gasteiger partial charge in [0.2, 0.25) is 5.13 Å². The number of hydrogen-bond donors (Lipinski definition) is 1. The summed E-state index contributed by atoms with van der Waals surface area (Å²) in [4.78, 5) is 6.49. The summed E-state index contributed by atoms with van der Waals surface area (Å²) in [6, 6.07) is 0. The van der Waals surface area contributed by atoms with Gasteiger partial charge in [0.1, 0.15) is 5.69 Å². The van der Waals surface area contributed by atoms with Crippen molar-refractivity contribution in [2.45, 2.75) is 13.3 Å². The van der Waals surface area contributed by atoms with E-state index in [4.69, 9.17) is 0 Å². The maximum atomic E-state index is 4.50. The van der Waals surface area contributed by atoms with Gasteiger partial charge in [0.25, 0.3) is 0 Å². The van der Waals surface area contributed by atoms with Gasteiger partial charge in [-0.3, -0.25) is 0 Å². The highest BCUT2D eigenvalue weighted by Crippen LogP contribution is 2.29. The quantitative estimate of drug-likeness (QED) is 0.904. The smallest absolute Gasteiger partial charge is 0.206 e. The first kappa shape index (κ1) is 12.3. The SMILES string of the molecule is CCCNc1nnc(-c2csc(N(C)C)n2)s1. The summed E-state index contributed by atoms with van der Waals surface area (Å²) in [7, 11) is 3.97. The summed E-state index contributed by atoms with van der Waals surface area (Å²) in [5, 5.41) is 16.2. The van der Waals surface area contributed by atoms with Crippen LogP contribution in [-0.2, 0) is 0 Å². The third-order valence-corrected chi connectivity index (χ3v) is 3.96. The second-order valence-electron chi connectivity index (χ2n) is 3.75. The third kappa shape index (κ3) is 2.92. The van der Waals surface area contributed by atoms with E-state index in [2.05, 4.69) is 27.4 Å². The molecule has 1 N–H and O–H groups in total. The molecule has 0 aromatic carbocycles. The molecular formula is C10H15N5S2. The predicted molar refractivity (Wildman–Crippen MR) is 74.1 cm³/mol. The molecule has 0 spiro atoms. The van der Waals surface area contributed by atoms with Gasteiger partial charge in [0, 0.05) is 26.0 Å². The summed E-state index contributed by atoms with van der Waals surface area (Å²) in [6.07, 6.45) is 1.08. The molecule has 0 fully saturated rings. The monoisotopic (exact) mass is 269 g/mol. The van der Waals surface area contributed by atoms with Crippen LogP contribution in [0, 0.1) is 0 Å². The summed E-state index contributed by atoms with van der Waals surface area (Å²) in [5.74, 6) is 0. The van der Waals surface area contributed by atoms with Gasteiger partial charge in [-0.2, -0.15) is 0 Å². The van der Waals surface area contributed by atoms with E-state index in [0.717, 1.165) is 33.9 Å². The molecule has 2 heterocycles. The number of thiazole rings is 1. The molecule has 0 unspecified atom stereocenters. The molecule has 7 heteroatoms. The van der Waals surface area contributed by atoms with Crippen molar-refractivity contribution < 1.29 is 0 Å². The highest BCUT2D eigenvalue weighted by atomic mass is 32.1. The minimum atomic E-state index is 0.862. The van der Waals surface area contributed by atoms with Gasteiger partial charge in [0.15, 0.2) is 10.1 Å². The molecule has 17 heavy (non-hydrogen) atoms. The number of nitrogens with one attached hydrogen (secondary N) is 1. The molecule has 0 radical (unpaired) electrons. The van der Waals surface area contributed by atoms with Gasteiger partial charge in [0.05, 0.1) is 0 Å². The van der Waals surface area contributed by atoms with Crippen LogP contribution in [-0.4, -0.2) is 35.8 Å². The highest BCUT2D eigenvalue weighted by molar-refractivity contribution is 7.19. The van der Waals surface area contributed by atoms with Crippen LogP contribution >= 0.6 is 22.7 Å². The zero-order valence-corrected chi connectivity index (χ0v) is 11.7. The zero-order chi connectivity index (χ0) is 12.3. The van der Waals surface area contributed by atoms with E-state index in [0.29, 0.717) is 0 Å². The lowest BCUT2D eigenvalue weighted by molar-refractivity contribution is 0.963. The predicted octanol–water partition coefficient (Wildman–Crippen LogP) is 2.55. The maximum absolute atomic E-state index is 4.50. The van der Waals surface area contributed by atoms with Crippen molar-refractivity contribution >= 4 is 32.9 Å². The van der Waals surface area contributed by atoms with Crippen molar-refractivity contribution in [3.8, 4) is 10.7 Å². The van der Waals surface area contributed by atoms with Crippen LogP contribution in [0.2, 0.25) is 0 Å². The Morgan fingerprint density at radius 1 is 1.35 bits per heavy atom. The molecule has 0 atom stereocenters. The molecule has 0 amide bonds. The van der Waals surface area contributed by atoms with E-state index in [1.165, 1.54) is 0 Å². The van der Waals surface area contributed by atoms with E-state index in [1.54, 1.807) is 22.7 Å². The third-order valence-electron chi connectivity index (χ3n) is 2.04. The van der Waals surface area contributed by atoms with E-state index in [-0.39, 0.29) is 0 Å². The summed E-state index contributed by atoms with van der Waals surface area (Å²) in [5.41, 5.74) is 0.903. The minimum absolute atomic E-state index is 0.862. The molecular weight excluding hydrogens is 254 g/mol. The number of aromatic nitrogens is 3. The van der Waals surface area contributed by atoms with Crippen molar-refractivity contribution in [3.63, 3.8) is 0 Å². The first-order chi connectivity index (χ1) is 8.20. The van der Waals surface area contributed by atoms with Crippen LogP contribution in [0.25, 0.3) is 10.7 Å². The number of nitrogens with zero attached hydrogens (tertiary/aromatic N) is 4. The lowest BCUT2D eigenvalue weighted by Crippen LogP contribution is -2.07. The standard InChI is InChI=1S/C10H15N5S2/c1-4-5-11-9-14-13-8(17-9)7-6-16-10(12-7)15(2)3/h6H,4-5H2,1-3H3,(H,11,14). The van der Waals surface area contributed by atoms with Gasteiger partial charge in [-0.15, -0.1) is 21.5 Å². The Hall–Kier alpha value is -1.21. The fourth-order valence-corrected chi connectivity index (χ4v) is 2.75. The van der Waals surface area contributed by atoms with Crippen LogP contribution < -0.4 is 10.2 Å². The average Bonchev–Trinajstić information content (AvgIpc) is 2.94. The van der Waals surface area contributed by atoms with E-state index >= 15 is 0 Å². The molecule has 5 nitrogen and oxygen atoms in total. The molecule has 0 saturated heterocycles. The van der Waals surface area contributed by atoms with E-state index in [9.17, 15) is 0 Å². The van der Waals surface area contributed by atoms with Crippen LogP contribution in [0.5, 0.6) is 0 Å². The summed E-state index contributed by atoms with van der Waals surface area (Å²) >= 11 is 3.16. The topological polar surface area (TPSA) is 53.9 Å². The fraction of sp³-hybridized carbons (Fsp3) is 0.500. The Balaban J connectivity index is 2.13. The second kappa shape index (κ2) is 5.42. The number of hydrogen-bond acceptors (Lipinski definition) is 7. The fourth-order valence-electron chi connectivity index (χ4n) is 1.20. The minimum Gasteiger partial charge on any atom is -0.360 e. The Labute approximate surface area is 109 Å². The van der Waals surface area contributed by atoms with E-state index < -0.39 is 0 Å². The molecule has 2 aromatic heterocycles. The Morgan fingerprint density at radius 2 is 2.18 bits per heavy atom. The van der Waals surface area contributed by atoms with Gasteiger partial charge >= 0.3 is 0 Å². The molecule has 0 aliphatic heterocycles. The number of rotatable bonds is 5. The molecule has 0 aliphatic carbocycles. The Morgan fingerprint density at radius 3 is 2.82 bits per heavy atom. The first-order valence-electron chi connectivity index (χ1n) is 5.41. The Bertz CT molecular complexity index is 477. The van der Waals surface area contributed by atoms with Crippen molar-refractivity contribution in [1.29, 1.82) is 0 Å². The second-order valence-corrected chi connectivity index (χ2v) is 5.56. The summed E-state index contributed by atoms with van der Waals surface area (Å²) in [6.45, 7) is 3.05. The molecule has 0 saturated carbocycles. The molecule has 92 valence electrons. The van der Waals surface area contributed by atoms with Gasteiger partial charge in [-0.1, -0.05) is 18.3 Å². The number of anilines is 2. The van der Waals surface area contributed by atoms with Gasteiger partial charge in [-0.25, -0.2) is 4.98 Å². The van der Waals surface area contributed by atoms with Crippen LogP contribution in [0.1, 0.15) is 13.3 Å². The average molecular weight is 269 g/mol. The normalized spacial score (nSPS) is 10.5. The van der Waals surface area contributed by atoms with Crippen molar-refractivity contribution in [2.75, 3.05) is 30.9 Å². The molecule has 2 aromatic rings. The Kier molecular flexibility index (Phi) is 3.90. The lowest BCUT2D eigenvalue weighted by atomic mass is 10.5. The van der Waals surface area contributed by atoms with Crippen molar-refractivity contribution in [3.05, 3.63) is 5.38 Å². The van der Waals surface area contributed by atoms with Gasteiger partial charge < -0.3 is 10.2 Å². The molecule has 0 aliphatic rings. The molecule has 2 rings (SSSR count). The largest absolute Gasteiger partial charge is 0.360 e. The maximum Gasteiger partial charge on any atom is 0.206 e. The zero-order valence-electron chi connectivity index (χ0n) is 10.1. The lowest BCUT2D eigenvalue weighted by Gasteiger charge is -2.04. The van der Waals surface area contributed by atoms with Crippen LogP contribution in [0.15, 0.2) is 5.38 Å². The van der Waals surface area contributed by atoms with E-state index in [1.807, 2.05) is 24.4 Å². The molecule has 0 bridgehead atoms. The van der Waals surface area contributed by atoms with Crippen molar-refractivity contribution in [2.24, 2.45) is 0 Å². The first-order valence-corrected chi connectivity index (χ1v) is 7.11. The van der Waals surface area contributed by atoms with Crippen LogP contribution in [0.3, 0.4) is 0 Å². The van der Waals surface area contributed by atoms with Crippen LogP contribution in [0.4, 0.5) is 10.3 Å². The highest BCUT2D eigenvalue weighted by Gasteiger charge is 2.11. The summed E-state index contributed by atoms with van der Waals surface area (Å²) < 4.78 is 0.